The van der Waals surface area contributed by atoms with Gasteiger partial charge in [-0.3, -0.25) is 19.3 Å². The van der Waals surface area contributed by atoms with Gasteiger partial charge >= 0.3 is 12.3 Å². The van der Waals surface area contributed by atoms with Crippen molar-refractivity contribution in [3.8, 4) is 5.75 Å². The van der Waals surface area contributed by atoms with E-state index in [-0.39, 0.29) is 30.2 Å². The van der Waals surface area contributed by atoms with E-state index in [1.165, 1.54) is 18.2 Å². The fourth-order valence-electron chi connectivity index (χ4n) is 3.59. The molecule has 0 saturated heterocycles. The topological polar surface area (TPSA) is 123 Å². The first-order chi connectivity index (χ1) is 18.1. The number of carbonyl (C=O) groups is 2. The summed E-state index contributed by atoms with van der Waals surface area (Å²) in [5, 5.41) is 2.49. The number of anilines is 2. The third kappa shape index (κ3) is 7.99. The highest BCUT2D eigenvalue weighted by Crippen LogP contribution is 2.40. The van der Waals surface area contributed by atoms with Gasteiger partial charge in [-0.05, 0) is 63.6 Å². The van der Waals surface area contributed by atoms with E-state index in [1.807, 2.05) is 6.92 Å². The second kappa shape index (κ2) is 11.7. The van der Waals surface area contributed by atoms with E-state index in [1.54, 1.807) is 20.8 Å². The van der Waals surface area contributed by atoms with Gasteiger partial charge in [-0.1, -0.05) is 13.0 Å². The van der Waals surface area contributed by atoms with E-state index < -0.39 is 56.9 Å². The summed E-state index contributed by atoms with van der Waals surface area (Å²) >= 11 is 0. The van der Waals surface area contributed by atoms with Gasteiger partial charge in [0.25, 0.3) is 10.0 Å². The maximum atomic E-state index is 13.7. The van der Waals surface area contributed by atoms with Crippen molar-refractivity contribution < 1.29 is 45.5 Å². The molecule has 3 rings (SSSR count). The number of benzene rings is 2. The van der Waals surface area contributed by atoms with Crippen LogP contribution in [0.25, 0.3) is 0 Å². The molecule has 14 heteroatoms. The quantitative estimate of drug-likeness (QED) is 0.342. The zero-order valence-electron chi connectivity index (χ0n) is 21.8. The lowest BCUT2D eigenvalue weighted by Crippen LogP contribution is -2.45. The number of carbonyl (C=O) groups excluding carboxylic acids is 2. The molecule has 1 atom stereocenters. The second-order valence-corrected chi connectivity index (χ2v) is 11.6. The van der Waals surface area contributed by atoms with Crippen LogP contribution < -0.4 is 19.8 Å². The Kier molecular flexibility index (Phi) is 9.01. The summed E-state index contributed by atoms with van der Waals surface area (Å²) in [5.74, 6) is -0.532. The van der Waals surface area contributed by atoms with Gasteiger partial charge in [0.1, 0.15) is 17.5 Å². The molecule has 1 heterocycles. The van der Waals surface area contributed by atoms with Gasteiger partial charge in [0, 0.05) is 5.69 Å². The summed E-state index contributed by atoms with van der Waals surface area (Å²) in [5.41, 5.74) is 0.417. The van der Waals surface area contributed by atoms with Crippen molar-refractivity contribution in [1.82, 2.24) is 5.48 Å². The SMILES string of the molecule is CCCONC(=O)CC1CN(S(=O)(=O)c2cccc(C(F)(F)F)c2)c2cc(NC(=O)OC(C)(C)C)ccc2O1. The van der Waals surface area contributed by atoms with Crippen LogP contribution in [0.2, 0.25) is 0 Å². The number of hydroxylamine groups is 1. The maximum Gasteiger partial charge on any atom is 0.416 e. The molecule has 1 unspecified atom stereocenters. The van der Waals surface area contributed by atoms with E-state index in [4.69, 9.17) is 14.3 Å². The molecular weight excluding hydrogens is 543 g/mol. The molecule has 2 aromatic rings. The smallest absolute Gasteiger partial charge is 0.416 e. The fraction of sp³-hybridized carbons (Fsp3) is 0.440. The van der Waals surface area contributed by atoms with Crippen molar-refractivity contribution in [3.63, 3.8) is 0 Å². The van der Waals surface area contributed by atoms with Crippen LogP contribution in [-0.2, 0) is 30.6 Å². The van der Waals surface area contributed by atoms with Crippen LogP contribution in [0.15, 0.2) is 47.4 Å². The van der Waals surface area contributed by atoms with Gasteiger partial charge in [0.05, 0.1) is 35.7 Å². The van der Waals surface area contributed by atoms with Crippen molar-refractivity contribution >= 4 is 33.4 Å². The molecule has 0 spiro atoms. The Hall–Kier alpha value is -3.52. The van der Waals surface area contributed by atoms with Crippen molar-refractivity contribution in [2.75, 3.05) is 22.8 Å². The first-order valence-corrected chi connectivity index (χ1v) is 13.5. The Labute approximate surface area is 224 Å². The maximum absolute atomic E-state index is 13.7. The normalized spacial score (nSPS) is 15.7. The summed E-state index contributed by atoms with van der Waals surface area (Å²) in [6, 6.07) is 7.45. The molecule has 39 heavy (non-hydrogen) atoms. The van der Waals surface area contributed by atoms with Crippen molar-refractivity contribution in [3.05, 3.63) is 48.0 Å². The van der Waals surface area contributed by atoms with Gasteiger partial charge in [-0.2, -0.15) is 13.2 Å². The van der Waals surface area contributed by atoms with Crippen LogP contribution in [0.4, 0.5) is 29.3 Å². The number of fused-ring (bicyclic) bond motifs is 1. The first kappa shape index (κ1) is 30.0. The minimum atomic E-state index is -4.77. The van der Waals surface area contributed by atoms with Gasteiger partial charge in [0.15, 0.2) is 0 Å². The molecule has 0 radical (unpaired) electrons. The number of alkyl halides is 3. The Morgan fingerprint density at radius 3 is 2.49 bits per heavy atom. The molecule has 214 valence electrons. The van der Waals surface area contributed by atoms with Gasteiger partial charge in [-0.15, -0.1) is 0 Å². The fourth-order valence-corrected chi connectivity index (χ4v) is 5.13. The third-order valence-electron chi connectivity index (χ3n) is 5.19. The number of amides is 2. The molecule has 2 aromatic carbocycles. The lowest BCUT2D eigenvalue weighted by atomic mass is 10.1. The van der Waals surface area contributed by atoms with E-state index in [0.717, 1.165) is 22.5 Å². The molecule has 0 saturated carbocycles. The van der Waals surface area contributed by atoms with E-state index in [9.17, 15) is 31.2 Å². The molecule has 2 N–H and O–H groups in total. The van der Waals surface area contributed by atoms with Crippen molar-refractivity contribution in [1.29, 1.82) is 0 Å². The monoisotopic (exact) mass is 573 g/mol. The van der Waals surface area contributed by atoms with Gasteiger partial charge in [-0.25, -0.2) is 18.7 Å². The van der Waals surface area contributed by atoms with E-state index >= 15 is 0 Å². The summed E-state index contributed by atoms with van der Waals surface area (Å²) < 4.78 is 79.2. The van der Waals surface area contributed by atoms with Crippen LogP contribution in [0.3, 0.4) is 0 Å². The summed E-state index contributed by atoms with van der Waals surface area (Å²) in [7, 11) is -4.58. The second-order valence-electron chi connectivity index (χ2n) is 9.69. The van der Waals surface area contributed by atoms with Gasteiger partial charge in [0.2, 0.25) is 5.91 Å². The Morgan fingerprint density at radius 1 is 1.13 bits per heavy atom. The summed E-state index contributed by atoms with van der Waals surface area (Å²) in [6.07, 6.45) is -6.20. The minimum Gasteiger partial charge on any atom is -0.486 e. The lowest BCUT2D eigenvalue weighted by Gasteiger charge is -2.35. The molecule has 0 aliphatic carbocycles. The van der Waals surface area contributed by atoms with Crippen LogP contribution in [0.1, 0.15) is 46.1 Å². The van der Waals surface area contributed by atoms with Crippen LogP contribution >= 0.6 is 0 Å². The molecule has 10 nitrogen and oxygen atoms in total. The number of halogens is 3. The van der Waals surface area contributed by atoms with Crippen LogP contribution in [0.5, 0.6) is 5.75 Å². The first-order valence-electron chi connectivity index (χ1n) is 12.0. The third-order valence-corrected chi connectivity index (χ3v) is 6.97. The lowest BCUT2D eigenvalue weighted by molar-refractivity contribution is -0.138. The molecule has 2 amide bonds. The largest absolute Gasteiger partial charge is 0.486 e. The summed E-state index contributed by atoms with van der Waals surface area (Å²) in [4.78, 5) is 28.9. The van der Waals surface area contributed by atoms with Crippen molar-refractivity contribution in [2.24, 2.45) is 0 Å². The zero-order chi connectivity index (χ0) is 29.0. The van der Waals surface area contributed by atoms with Crippen molar-refractivity contribution in [2.45, 2.75) is 63.3 Å². The molecule has 0 fully saturated rings. The molecule has 1 aliphatic rings. The minimum absolute atomic E-state index is 0.0406. The number of rotatable bonds is 8. The number of sulfonamides is 1. The Bertz CT molecular complexity index is 1310. The number of ether oxygens (including phenoxy) is 2. The average Bonchev–Trinajstić information content (AvgIpc) is 2.82. The molecule has 0 bridgehead atoms. The molecule has 1 aliphatic heterocycles. The molecule has 0 aromatic heterocycles. The van der Waals surface area contributed by atoms with Crippen LogP contribution in [0, 0.1) is 0 Å². The Morgan fingerprint density at radius 2 is 1.85 bits per heavy atom. The highest BCUT2D eigenvalue weighted by molar-refractivity contribution is 7.92. The van der Waals surface area contributed by atoms with E-state index in [2.05, 4.69) is 10.8 Å². The average molecular weight is 574 g/mol. The van der Waals surface area contributed by atoms with Gasteiger partial charge < -0.3 is 9.47 Å². The Balaban J connectivity index is 1.99. The predicted octanol–water partition coefficient (Wildman–Crippen LogP) is 4.86. The number of hydrogen-bond donors (Lipinski definition) is 2. The predicted molar refractivity (Wildman–Crippen MR) is 136 cm³/mol. The number of hydrogen-bond acceptors (Lipinski definition) is 7. The zero-order valence-corrected chi connectivity index (χ0v) is 22.6. The standard InChI is InChI=1S/C25H30F3N3O7S/c1-5-11-36-30-22(32)14-18-15-31(39(34,35)19-8-6-7-16(12-19)25(26,27)28)20-13-17(9-10-21(20)37-18)29-23(33)38-24(2,3)4/h6-10,12-13,18H,5,11,14-15H2,1-4H3,(H,29,33)(H,30,32). The number of nitrogens with one attached hydrogen (secondary N) is 2. The number of nitrogens with zero attached hydrogens (tertiary/aromatic N) is 1. The summed E-state index contributed by atoms with van der Waals surface area (Å²) in [6.45, 7) is 6.71. The van der Waals surface area contributed by atoms with Crippen LogP contribution in [-0.4, -0.2) is 45.3 Å². The molecular formula is C25H30F3N3O7S. The highest BCUT2D eigenvalue weighted by Gasteiger charge is 2.38. The van der Waals surface area contributed by atoms with E-state index in [0.29, 0.717) is 12.5 Å². The highest BCUT2D eigenvalue weighted by atomic mass is 32.2.